The van der Waals surface area contributed by atoms with Gasteiger partial charge in [-0.3, -0.25) is 14.6 Å². The number of nitrogens with one attached hydrogen (secondary N) is 2. The van der Waals surface area contributed by atoms with Gasteiger partial charge < -0.3 is 24.8 Å². The molecule has 0 aromatic heterocycles. The van der Waals surface area contributed by atoms with Crippen LogP contribution in [0.5, 0.6) is 0 Å². The molecule has 0 fully saturated rings. The number of benzene rings is 1. The number of ether oxygens (including phenoxy) is 1. The van der Waals surface area contributed by atoms with Gasteiger partial charge in [0.05, 0.1) is 23.7 Å². The number of fused-ring (bicyclic) bond motifs is 2. The van der Waals surface area contributed by atoms with Crippen LogP contribution >= 0.6 is 0 Å². The van der Waals surface area contributed by atoms with E-state index in [1.165, 1.54) is 0 Å². The van der Waals surface area contributed by atoms with Crippen LogP contribution in [0.1, 0.15) is 43.2 Å². The van der Waals surface area contributed by atoms with E-state index in [1.807, 2.05) is 13.0 Å². The van der Waals surface area contributed by atoms with E-state index in [0.717, 1.165) is 11.1 Å². The van der Waals surface area contributed by atoms with Gasteiger partial charge in [0.25, 0.3) is 5.56 Å². The third kappa shape index (κ3) is 7.91. The maximum absolute atomic E-state index is 12.4. The van der Waals surface area contributed by atoms with Crippen LogP contribution in [0, 0.1) is 6.92 Å². The minimum absolute atomic E-state index is 0.0180. The van der Waals surface area contributed by atoms with Gasteiger partial charge in [-0.1, -0.05) is 12.8 Å². The highest BCUT2D eigenvalue weighted by Crippen LogP contribution is 2.25. The van der Waals surface area contributed by atoms with Crippen molar-refractivity contribution in [3.8, 4) is 11.5 Å². The first-order chi connectivity index (χ1) is 18.4. The zero-order valence-electron chi connectivity index (χ0n) is 21.0. The Hall–Kier alpha value is -3.69. The average molecular weight is 556 g/mol. The number of alkyl halides is 3. The minimum atomic E-state index is -5.24. The molecular weight excluding hydrogens is 527 g/mol. The fourth-order valence-corrected chi connectivity index (χ4v) is 3.95. The maximum atomic E-state index is 12.4. The number of hydrogen-bond donors (Lipinski definition) is 4. The van der Waals surface area contributed by atoms with Gasteiger partial charge in [-0.25, -0.2) is 14.6 Å². The Labute approximate surface area is 219 Å². The number of H-pyrrole nitrogens is 1. The van der Waals surface area contributed by atoms with Crippen LogP contribution in [-0.4, -0.2) is 67.1 Å². The fraction of sp³-hybridized carbons (Fsp3) is 0.500. The van der Waals surface area contributed by atoms with Crippen molar-refractivity contribution in [2.45, 2.75) is 64.4 Å². The van der Waals surface area contributed by atoms with Crippen LogP contribution in [0.15, 0.2) is 21.7 Å². The van der Waals surface area contributed by atoms with E-state index in [4.69, 9.17) is 5.11 Å². The van der Waals surface area contributed by atoms with Crippen molar-refractivity contribution in [2.75, 3.05) is 13.2 Å². The van der Waals surface area contributed by atoms with Crippen molar-refractivity contribution in [1.82, 2.24) is 24.8 Å². The third-order valence-electron chi connectivity index (χ3n) is 5.92. The summed E-state index contributed by atoms with van der Waals surface area (Å²) in [6.45, 7) is 2.30. The molecule has 12 nitrogen and oxygen atoms in total. The van der Waals surface area contributed by atoms with Crippen molar-refractivity contribution in [3.63, 3.8) is 0 Å². The summed E-state index contributed by atoms with van der Waals surface area (Å²) >= 11 is 0. The fourth-order valence-electron chi connectivity index (χ4n) is 3.95. The van der Waals surface area contributed by atoms with Gasteiger partial charge in [0, 0.05) is 26.1 Å². The van der Waals surface area contributed by atoms with Gasteiger partial charge in [-0.05, 0) is 43.0 Å². The summed E-state index contributed by atoms with van der Waals surface area (Å²) in [4.78, 5) is 57.0. The zero-order valence-corrected chi connectivity index (χ0v) is 21.0. The summed E-state index contributed by atoms with van der Waals surface area (Å²) in [5.41, 5.74) is 1.25. The topological polar surface area (TPSA) is 176 Å². The molecule has 1 aromatic rings. The standard InChI is InChI=1S/C24H28F3N5O7/c1-13-8-16-17(9-14(13)10-28-11-15(34)12-33)32(20-19(29-16)21(36)31-23(38)30-20)7-5-3-2-4-6-18(35)39-22(37)24(25,26)27/h8-9,15,28,33-34H,2-7,10-12H2,1H3,(H,31,36,38). The molecule has 1 unspecified atom stereocenters. The zero-order chi connectivity index (χ0) is 28.7. The number of halogens is 3. The number of carbonyl (C=O) groups excluding carboxylic acids is 2. The SMILES string of the molecule is Cc1cc2nc3c(=O)[nH]c(=O)nc-3n(CCCCCCC(=O)OC(=O)C(F)(F)F)c2cc1CNCC(O)CO. The Balaban J connectivity index is 1.76. The number of carbonyl (C=O) groups is 2. The number of aliphatic hydroxyl groups is 2. The molecule has 39 heavy (non-hydrogen) atoms. The first-order valence-electron chi connectivity index (χ1n) is 12.2. The second-order valence-electron chi connectivity index (χ2n) is 8.96. The van der Waals surface area contributed by atoms with E-state index >= 15 is 0 Å². The molecule has 2 aliphatic heterocycles. The molecular formula is C24H28F3N5O7. The molecule has 3 rings (SSSR count). The second-order valence-corrected chi connectivity index (χ2v) is 8.96. The van der Waals surface area contributed by atoms with E-state index in [1.54, 1.807) is 10.6 Å². The van der Waals surface area contributed by atoms with Crippen molar-refractivity contribution in [2.24, 2.45) is 0 Å². The number of aromatic nitrogens is 4. The number of nitrogens with zero attached hydrogens (tertiary/aromatic N) is 3. The number of aliphatic hydroxyl groups excluding tert-OH is 2. The molecule has 1 aromatic carbocycles. The Kier molecular flexibility index (Phi) is 9.88. The van der Waals surface area contributed by atoms with Crippen molar-refractivity contribution >= 4 is 23.0 Å². The Morgan fingerprint density at radius 3 is 2.56 bits per heavy atom. The van der Waals surface area contributed by atoms with Gasteiger partial charge >= 0.3 is 23.8 Å². The number of aromatic amines is 1. The van der Waals surface area contributed by atoms with Crippen molar-refractivity contribution in [3.05, 3.63) is 44.1 Å². The first kappa shape index (κ1) is 29.9. The molecule has 0 aliphatic carbocycles. The summed E-state index contributed by atoms with van der Waals surface area (Å²) in [5.74, 6) is -3.72. The van der Waals surface area contributed by atoms with E-state index in [0.29, 0.717) is 43.4 Å². The Morgan fingerprint density at radius 2 is 1.87 bits per heavy atom. The van der Waals surface area contributed by atoms with E-state index < -0.39 is 35.5 Å². The van der Waals surface area contributed by atoms with Crippen molar-refractivity contribution in [1.29, 1.82) is 0 Å². The second kappa shape index (κ2) is 12.9. The number of aryl methyl sites for hydroxylation is 2. The van der Waals surface area contributed by atoms with Crippen LogP contribution in [-0.2, 0) is 27.4 Å². The van der Waals surface area contributed by atoms with Crippen LogP contribution < -0.4 is 16.6 Å². The predicted octanol–water partition coefficient (Wildman–Crippen LogP) is 0.918. The summed E-state index contributed by atoms with van der Waals surface area (Å²) in [7, 11) is 0. The van der Waals surface area contributed by atoms with Gasteiger partial charge in [0.2, 0.25) is 0 Å². The minimum Gasteiger partial charge on any atom is -0.394 e. The lowest BCUT2D eigenvalue weighted by Gasteiger charge is -2.19. The first-order valence-corrected chi connectivity index (χ1v) is 12.2. The summed E-state index contributed by atoms with van der Waals surface area (Å²) in [6, 6.07) is 3.61. The molecule has 0 amide bonds. The molecule has 0 spiro atoms. The lowest BCUT2D eigenvalue weighted by Crippen LogP contribution is -2.29. The van der Waals surface area contributed by atoms with Gasteiger partial charge in [-0.2, -0.15) is 18.2 Å². The van der Waals surface area contributed by atoms with Gasteiger partial charge in [0.1, 0.15) is 0 Å². The van der Waals surface area contributed by atoms with Crippen LogP contribution in [0.2, 0.25) is 0 Å². The summed E-state index contributed by atoms with van der Waals surface area (Å²) in [6.07, 6.45) is -4.83. The predicted molar refractivity (Wildman–Crippen MR) is 131 cm³/mol. The number of hydrogen-bond acceptors (Lipinski definition) is 10. The average Bonchev–Trinajstić information content (AvgIpc) is 2.85. The molecule has 0 radical (unpaired) electrons. The molecule has 0 saturated carbocycles. The largest absolute Gasteiger partial charge is 0.491 e. The van der Waals surface area contributed by atoms with Crippen LogP contribution in [0.4, 0.5) is 13.2 Å². The van der Waals surface area contributed by atoms with Crippen LogP contribution in [0.3, 0.4) is 0 Å². The Bertz CT molecular complexity index is 1420. The van der Waals surface area contributed by atoms with Crippen LogP contribution in [0.25, 0.3) is 22.6 Å². The van der Waals surface area contributed by atoms with Gasteiger partial charge in [0.15, 0.2) is 11.5 Å². The quantitative estimate of drug-likeness (QED) is 0.109. The smallest absolute Gasteiger partial charge is 0.394 e. The normalized spacial score (nSPS) is 12.7. The molecule has 0 saturated heterocycles. The summed E-state index contributed by atoms with van der Waals surface area (Å²) in [5, 5.41) is 21.6. The molecule has 15 heteroatoms. The van der Waals surface area contributed by atoms with Crippen molar-refractivity contribution < 1.29 is 37.7 Å². The number of rotatable bonds is 12. The molecule has 4 N–H and O–H groups in total. The van der Waals surface area contributed by atoms with E-state index in [-0.39, 0.29) is 37.5 Å². The molecule has 212 valence electrons. The highest BCUT2D eigenvalue weighted by molar-refractivity contribution is 5.88. The summed E-state index contributed by atoms with van der Waals surface area (Å²) < 4.78 is 42.0. The number of esters is 2. The molecule has 2 aliphatic rings. The third-order valence-corrected chi connectivity index (χ3v) is 5.92. The van der Waals surface area contributed by atoms with Gasteiger partial charge in [-0.15, -0.1) is 0 Å². The Morgan fingerprint density at radius 1 is 1.15 bits per heavy atom. The lowest BCUT2D eigenvalue weighted by atomic mass is 10.1. The maximum Gasteiger partial charge on any atom is 0.491 e. The lowest BCUT2D eigenvalue weighted by molar-refractivity contribution is -0.201. The molecule has 0 bridgehead atoms. The van der Waals surface area contributed by atoms with E-state index in [2.05, 4.69) is 25.0 Å². The monoisotopic (exact) mass is 555 g/mol. The molecule has 1 atom stereocenters. The number of unbranched alkanes of at least 4 members (excludes halogenated alkanes) is 3. The highest BCUT2D eigenvalue weighted by atomic mass is 19.4. The van der Waals surface area contributed by atoms with E-state index in [9.17, 15) is 37.5 Å². The molecule has 2 heterocycles. The highest BCUT2D eigenvalue weighted by Gasteiger charge is 2.42.